The van der Waals surface area contributed by atoms with E-state index >= 15 is 0 Å². The van der Waals surface area contributed by atoms with Gasteiger partial charge in [0.15, 0.2) is 0 Å². The Labute approximate surface area is 104 Å². The Hall–Kier alpha value is -1.93. The van der Waals surface area contributed by atoms with Gasteiger partial charge in [0.1, 0.15) is 0 Å². The lowest BCUT2D eigenvalue weighted by Gasteiger charge is -2.08. The van der Waals surface area contributed by atoms with Crippen molar-refractivity contribution in [3.05, 3.63) is 59.8 Å². The fraction of sp³-hybridized carbons (Fsp3) is 0. The second-order valence-corrected chi connectivity index (χ2v) is 4.32. The highest BCUT2D eigenvalue weighted by molar-refractivity contribution is 6.35. The monoisotopic (exact) mass is 242 g/mol. The minimum absolute atomic E-state index is 0.755. The van der Waals surface area contributed by atoms with Gasteiger partial charge < -0.3 is 10.3 Å². The number of hydrogen-bond acceptors (Lipinski definition) is 1. The predicted octanol–water partition coefficient (Wildman–Crippen LogP) is 3.87. The number of fused-ring (bicyclic) bond motifs is 1. The molecular formula is C14H11ClN2. The van der Waals surface area contributed by atoms with Crippen molar-refractivity contribution in [2.24, 2.45) is 0 Å². The second-order valence-electron chi connectivity index (χ2n) is 3.92. The van der Waals surface area contributed by atoms with Crippen molar-refractivity contribution in [1.29, 1.82) is 0 Å². The summed E-state index contributed by atoms with van der Waals surface area (Å²) in [7, 11) is 0. The predicted molar refractivity (Wildman–Crippen MR) is 72.7 cm³/mol. The molecule has 0 unspecified atom stereocenters. The van der Waals surface area contributed by atoms with E-state index in [0.717, 1.165) is 27.3 Å². The standard InChI is InChI=1S/C14H11ClN2/c15-11-4-3-7-13-10(11)8-9-17(13)14-6-2-1-5-12(14)16/h1-9H,16H2. The smallest absolute Gasteiger partial charge is 0.0685 e. The summed E-state index contributed by atoms with van der Waals surface area (Å²) in [4.78, 5) is 0. The van der Waals surface area contributed by atoms with Gasteiger partial charge in [-0.15, -0.1) is 0 Å². The molecule has 1 aromatic heterocycles. The molecule has 17 heavy (non-hydrogen) atoms. The highest BCUT2D eigenvalue weighted by Crippen LogP contribution is 2.28. The summed E-state index contributed by atoms with van der Waals surface area (Å²) in [5, 5.41) is 1.80. The fourth-order valence-corrected chi connectivity index (χ4v) is 2.28. The number of rotatable bonds is 1. The van der Waals surface area contributed by atoms with Gasteiger partial charge in [-0.3, -0.25) is 0 Å². The SMILES string of the molecule is Nc1ccccc1-n1ccc2c(Cl)cccc21. The lowest BCUT2D eigenvalue weighted by Crippen LogP contribution is -1.97. The number of hydrogen-bond donors (Lipinski definition) is 1. The summed E-state index contributed by atoms with van der Waals surface area (Å²) in [6, 6.07) is 15.7. The summed E-state index contributed by atoms with van der Waals surface area (Å²) in [6.07, 6.45) is 1.99. The first-order valence-corrected chi connectivity index (χ1v) is 5.75. The maximum absolute atomic E-state index is 6.15. The van der Waals surface area contributed by atoms with E-state index in [2.05, 4.69) is 4.57 Å². The maximum Gasteiger partial charge on any atom is 0.0685 e. The van der Waals surface area contributed by atoms with Crippen LogP contribution in [0.1, 0.15) is 0 Å². The molecule has 2 aromatic carbocycles. The molecule has 2 nitrogen and oxygen atoms in total. The first kappa shape index (κ1) is 10.2. The number of nitrogen functional groups attached to an aromatic ring is 1. The van der Waals surface area contributed by atoms with E-state index in [0.29, 0.717) is 0 Å². The van der Waals surface area contributed by atoms with Gasteiger partial charge in [-0.2, -0.15) is 0 Å². The molecule has 0 saturated heterocycles. The summed E-state index contributed by atoms with van der Waals surface area (Å²) in [5.41, 5.74) is 8.78. The van der Waals surface area contributed by atoms with Gasteiger partial charge in [-0.05, 0) is 30.3 Å². The van der Waals surface area contributed by atoms with E-state index in [9.17, 15) is 0 Å². The molecule has 0 atom stereocenters. The quantitative estimate of drug-likeness (QED) is 0.646. The topological polar surface area (TPSA) is 30.9 Å². The van der Waals surface area contributed by atoms with E-state index < -0.39 is 0 Å². The molecule has 3 rings (SSSR count). The van der Waals surface area contributed by atoms with Crippen LogP contribution in [0, 0.1) is 0 Å². The third kappa shape index (κ3) is 1.58. The Kier molecular flexibility index (Phi) is 2.30. The summed E-state index contributed by atoms with van der Waals surface area (Å²) < 4.78 is 2.05. The number of benzene rings is 2. The average molecular weight is 243 g/mol. The zero-order valence-electron chi connectivity index (χ0n) is 9.10. The van der Waals surface area contributed by atoms with E-state index in [1.54, 1.807) is 0 Å². The normalized spacial score (nSPS) is 10.9. The minimum Gasteiger partial charge on any atom is -0.397 e. The maximum atomic E-state index is 6.15. The Morgan fingerprint density at radius 3 is 2.59 bits per heavy atom. The van der Waals surface area contributed by atoms with Crippen LogP contribution in [0.5, 0.6) is 0 Å². The van der Waals surface area contributed by atoms with Crippen LogP contribution in [-0.4, -0.2) is 4.57 Å². The molecule has 0 aliphatic carbocycles. The van der Waals surface area contributed by atoms with Crippen LogP contribution >= 0.6 is 11.6 Å². The number of nitrogens with two attached hydrogens (primary N) is 1. The van der Waals surface area contributed by atoms with Gasteiger partial charge in [0, 0.05) is 16.6 Å². The van der Waals surface area contributed by atoms with Crippen LogP contribution in [0.25, 0.3) is 16.6 Å². The molecule has 0 amide bonds. The number of anilines is 1. The second kappa shape index (κ2) is 3.82. The average Bonchev–Trinajstić information content (AvgIpc) is 2.75. The van der Waals surface area contributed by atoms with Gasteiger partial charge in [0.2, 0.25) is 0 Å². The Bertz CT molecular complexity index is 686. The molecular weight excluding hydrogens is 232 g/mol. The summed E-state index contributed by atoms with van der Waals surface area (Å²) in [6.45, 7) is 0. The third-order valence-electron chi connectivity index (χ3n) is 2.88. The van der Waals surface area contributed by atoms with Gasteiger partial charge in [-0.25, -0.2) is 0 Å². The molecule has 0 aliphatic heterocycles. The largest absolute Gasteiger partial charge is 0.397 e. The van der Waals surface area contributed by atoms with E-state index in [-0.39, 0.29) is 0 Å². The van der Waals surface area contributed by atoms with Crippen LogP contribution in [-0.2, 0) is 0 Å². The number of para-hydroxylation sites is 2. The van der Waals surface area contributed by atoms with Gasteiger partial charge >= 0.3 is 0 Å². The molecule has 0 bridgehead atoms. The summed E-state index contributed by atoms with van der Waals surface area (Å²) >= 11 is 6.15. The molecule has 0 radical (unpaired) electrons. The van der Waals surface area contributed by atoms with Crippen molar-refractivity contribution in [2.75, 3.05) is 5.73 Å². The van der Waals surface area contributed by atoms with Crippen molar-refractivity contribution in [3.63, 3.8) is 0 Å². The molecule has 0 spiro atoms. The van der Waals surface area contributed by atoms with Crippen molar-refractivity contribution < 1.29 is 0 Å². The number of aromatic nitrogens is 1. The van der Waals surface area contributed by atoms with E-state index in [1.807, 2.05) is 54.7 Å². The summed E-state index contributed by atoms with van der Waals surface area (Å²) in [5.74, 6) is 0. The van der Waals surface area contributed by atoms with Crippen LogP contribution in [0.4, 0.5) is 5.69 Å². The molecule has 1 heterocycles. The van der Waals surface area contributed by atoms with Crippen LogP contribution in [0.2, 0.25) is 5.02 Å². The van der Waals surface area contributed by atoms with Gasteiger partial charge in [-0.1, -0.05) is 29.8 Å². The molecule has 84 valence electrons. The third-order valence-corrected chi connectivity index (χ3v) is 3.21. The van der Waals surface area contributed by atoms with Gasteiger partial charge in [0.05, 0.1) is 16.9 Å². The minimum atomic E-state index is 0.755. The van der Waals surface area contributed by atoms with Crippen LogP contribution in [0.15, 0.2) is 54.7 Å². The Balaban J connectivity index is 2.33. The van der Waals surface area contributed by atoms with Gasteiger partial charge in [0.25, 0.3) is 0 Å². The molecule has 3 heteroatoms. The zero-order valence-corrected chi connectivity index (χ0v) is 9.85. The Morgan fingerprint density at radius 1 is 0.941 bits per heavy atom. The first-order chi connectivity index (χ1) is 8.27. The zero-order chi connectivity index (χ0) is 11.8. The number of nitrogens with zero attached hydrogens (tertiary/aromatic N) is 1. The highest BCUT2D eigenvalue weighted by atomic mass is 35.5. The molecule has 3 aromatic rings. The Morgan fingerprint density at radius 2 is 1.76 bits per heavy atom. The molecule has 0 aliphatic rings. The van der Waals surface area contributed by atoms with Crippen LogP contribution < -0.4 is 5.73 Å². The lowest BCUT2D eigenvalue weighted by molar-refractivity contribution is 1.13. The van der Waals surface area contributed by atoms with Crippen molar-refractivity contribution >= 4 is 28.2 Å². The molecule has 0 fully saturated rings. The first-order valence-electron chi connectivity index (χ1n) is 5.38. The van der Waals surface area contributed by atoms with E-state index in [1.165, 1.54) is 0 Å². The van der Waals surface area contributed by atoms with Crippen molar-refractivity contribution in [2.45, 2.75) is 0 Å². The highest BCUT2D eigenvalue weighted by Gasteiger charge is 2.07. The fourth-order valence-electron chi connectivity index (χ4n) is 2.05. The van der Waals surface area contributed by atoms with E-state index in [4.69, 9.17) is 17.3 Å². The number of halogens is 1. The molecule has 2 N–H and O–H groups in total. The lowest BCUT2D eigenvalue weighted by atomic mass is 10.2. The molecule has 0 saturated carbocycles. The van der Waals surface area contributed by atoms with Crippen LogP contribution in [0.3, 0.4) is 0 Å². The van der Waals surface area contributed by atoms with Crippen molar-refractivity contribution in [1.82, 2.24) is 4.57 Å². The van der Waals surface area contributed by atoms with Crippen molar-refractivity contribution in [3.8, 4) is 5.69 Å².